The summed E-state index contributed by atoms with van der Waals surface area (Å²) >= 11 is 0. The molecule has 0 aliphatic carbocycles. The van der Waals surface area contributed by atoms with Crippen LogP contribution in [0.5, 0.6) is 0 Å². The highest BCUT2D eigenvalue weighted by molar-refractivity contribution is 5.62. The summed E-state index contributed by atoms with van der Waals surface area (Å²) in [4.78, 5) is 3.97. The van der Waals surface area contributed by atoms with Gasteiger partial charge >= 0.3 is 0 Å². The molecule has 0 fully saturated rings. The molecule has 0 unspecified atom stereocenters. The van der Waals surface area contributed by atoms with Crippen LogP contribution in [-0.4, -0.2) is 4.98 Å². The summed E-state index contributed by atoms with van der Waals surface area (Å²) in [5.41, 5.74) is 5.10. The fraction of sp³-hybridized carbons (Fsp3) is 0.0800. The third kappa shape index (κ3) is 6.53. The zero-order chi connectivity index (χ0) is 18.6. The first-order valence-electron chi connectivity index (χ1n) is 9.16. The molecule has 0 aliphatic heterocycles. The maximum absolute atomic E-state index is 3.97. The van der Waals surface area contributed by atoms with Crippen LogP contribution in [0.1, 0.15) is 11.1 Å². The lowest BCUT2D eigenvalue weighted by Crippen LogP contribution is -2.12. The van der Waals surface area contributed by atoms with Gasteiger partial charge in [-0.15, -0.1) is 0 Å². The van der Waals surface area contributed by atoms with E-state index in [1.165, 1.54) is 22.3 Å². The first-order chi connectivity index (χ1) is 13.4. The molecule has 1 heterocycles. The molecule has 0 saturated heterocycles. The van der Waals surface area contributed by atoms with Crippen molar-refractivity contribution in [1.82, 2.24) is 10.3 Å². The summed E-state index contributed by atoms with van der Waals surface area (Å²) in [5.74, 6) is 0. The van der Waals surface area contributed by atoms with Crippen molar-refractivity contribution in [3.8, 4) is 11.1 Å². The lowest BCUT2D eigenvalue weighted by molar-refractivity contribution is 0.693. The van der Waals surface area contributed by atoms with E-state index in [2.05, 4.69) is 71.0 Å². The van der Waals surface area contributed by atoms with Gasteiger partial charge in [0.1, 0.15) is 0 Å². The van der Waals surface area contributed by atoms with E-state index in [-0.39, 0.29) is 0 Å². The highest BCUT2D eigenvalue weighted by Crippen LogP contribution is 2.16. The molecule has 0 aliphatic rings. The van der Waals surface area contributed by atoms with Crippen molar-refractivity contribution in [3.05, 3.63) is 127 Å². The second-order valence-corrected chi connectivity index (χ2v) is 6.18. The lowest BCUT2D eigenvalue weighted by atomic mass is 10.1. The highest BCUT2D eigenvalue weighted by Gasteiger charge is 1.93. The predicted molar refractivity (Wildman–Crippen MR) is 113 cm³/mol. The molecular formula is C25H24N2. The van der Waals surface area contributed by atoms with Gasteiger partial charge in [-0.05, 0) is 34.4 Å². The van der Waals surface area contributed by atoms with Crippen LogP contribution >= 0.6 is 0 Å². The topological polar surface area (TPSA) is 24.9 Å². The molecule has 0 amide bonds. The van der Waals surface area contributed by atoms with Crippen LogP contribution in [0.4, 0.5) is 0 Å². The van der Waals surface area contributed by atoms with Crippen LogP contribution in [0, 0.1) is 0 Å². The Balaban J connectivity index is 0.000000159. The number of benzene rings is 3. The maximum atomic E-state index is 3.97. The molecule has 0 radical (unpaired) electrons. The summed E-state index contributed by atoms with van der Waals surface area (Å²) in [6.07, 6.45) is 3.62. The number of nitrogens with one attached hydrogen (secondary N) is 1. The van der Waals surface area contributed by atoms with Gasteiger partial charge in [0.15, 0.2) is 0 Å². The van der Waals surface area contributed by atoms with Gasteiger partial charge in [-0.3, -0.25) is 4.98 Å². The molecule has 1 N–H and O–H groups in total. The third-order valence-corrected chi connectivity index (χ3v) is 4.13. The first kappa shape index (κ1) is 18.6. The van der Waals surface area contributed by atoms with Crippen LogP contribution in [0.2, 0.25) is 0 Å². The average molecular weight is 352 g/mol. The molecule has 0 spiro atoms. The monoisotopic (exact) mass is 352 g/mol. The standard InChI is InChI=1S/C14H15N.C11H9N/c1-3-7-13(8-4-1)11-15-12-14-9-5-2-6-10-14;1-2-4-10(5-3-1)11-6-8-12-9-7-11/h1-10,15H,11-12H2;1-9H. The molecule has 2 nitrogen and oxygen atoms in total. The van der Waals surface area contributed by atoms with E-state index in [1.807, 2.05) is 54.9 Å². The van der Waals surface area contributed by atoms with E-state index in [4.69, 9.17) is 0 Å². The van der Waals surface area contributed by atoms with Crippen molar-refractivity contribution in [2.24, 2.45) is 0 Å². The summed E-state index contributed by atoms with van der Waals surface area (Å²) in [6.45, 7) is 1.85. The minimum atomic E-state index is 0.926. The maximum Gasteiger partial charge on any atom is 0.0273 e. The van der Waals surface area contributed by atoms with Crippen molar-refractivity contribution >= 4 is 0 Å². The molecule has 3 aromatic carbocycles. The number of pyridine rings is 1. The molecule has 0 saturated carbocycles. The Labute approximate surface area is 161 Å². The van der Waals surface area contributed by atoms with Gasteiger partial charge in [0.05, 0.1) is 0 Å². The van der Waals surface area contributed by atoms with Gasteiger partial charge in [0.2, 0.25) is 0 Å². The Kier molecular flexibility index (Phi) is 7.35. The molecule has 2 heteroatoms. The van der Waals surface area contributed by atoms with E-state index in [1.54, 1.807) is 0 Å². The Bertz CT molecular complexity index is 799. The van der Waals surface area contributed by atoms with E-state index < -0.39 is 0 Å². The molecule has 0 bridgehead atoms. The average Bonchev–Trinajstić information content (AvgIpc) is 2.77. The summed E-state index contributed by atoms with van der Waals surface area (Å²) < 4.78 is 0. The second-order valence-electron chi connectivity index (χ2n) is 6.18. The summed E-state index contributed by atoms with van der Waals surface area (Å²) in [7, 11) is 0. The molecule has 27 heavy (non-hydrogen) atoms. The SMILES string of the molecule is c1ccc(-c2ccncc2)cc1.c1ccc(CNCc2ccccc2)cc1. The van der Waals surface area contributed by atoms with E-state index in [0.29, 0.717) is 0 Å². The molecular weight excluding hydrogens is 328 g/mol. The van der Waals surface area contributed by atoms with Gasteiger partial charge in [0.25, 0.3) is 0 Å². The smallest absolute Gasteiger partial charge is 0.0273 e. The largest absolute Gasteiger partial charge is 0.309 e. The Morgan fingerprint density at radius 1 is 0.481 bits per heavy atom. The lowest BCUT2D eigenvalue weighted by Gasteiger charge is -2.04. The molecule has 134 valence electrons. The second kappa shape index (κ2) is 10.7. The molecule has 4 rings (SSSR count). The number of nitrogens with zero attached hydrogens (tertiary/aromatic N) is 1. The van der Waals surface area contributed by atoms with Gasteiger partial charge in [-0.25, -0.2) is 0 Å². The van der Waals surface area contributed by atoms with Gasteiger partial charge in [0, 0.05) is 25.5 Å². The predicted octanol–water partition coefficient (Wildman–Crippen LogP) is 5.73. The van der Waals surface area contributed by atoms with Crippen LogP contribution in [0.15, 0.2) is 116 Å². The fourth-order valence-electron chi connectivity index (χ4n) is 2.72. The number of aromatic nitrogens is 1. The van der Waals surface area contributed by atoms with Crippen LogP contribution in [0.25, 0.3) is 11.1 Å². The van der Waals surface area contributed by atoms with Crippen molar-refractivity contribution in [2.45, 2.75) is 13.1 Å². The summed E-state index contributed by atoms with van der Waals surface area (Å²) in [6, 6.07) is 35.2. The number of hydrogen-bond acceptors (Lipinski definition) is 2. The Morgan fingerprint density at radius 3 is 1.37 bits per heavy atom. The third-order valence-electron chi connectivity index (χ3n) is 4.13. The highest BCUT2D eigenvalue weighted by atomic mass is 14.8. The normalized spacial score (nSPS) is 9.93. The first-order valence-corrected chi connectivity index (χ1v) is 9.16. The van der Waals surface area contributed by atoms with Crippen molar-refractivity contribution in [3.63, 3.8) is 0 Å². The number of hydrogen-bond donors (Lipinski definition) is 1. The molecule has 4 aromatic rings. The zero-order valence-corrected chi connectivity index (χ0v) is 15.3. The van der Waals surface area contributed by atoms with Crippen LogP contribution in [-0.2, 0) is 13.1 Å². The fourth-order valence-corrected chi connectivity index (χ4v) is 2.72. The van der Waals surface area contributed by atoms with Crippen LogP contribution < -0.4 is 5.32 Å². The molecule has 1 aromatic heterocycles. The summed E-state index contributed by atoms with van der Waals surface area (Å²) in [5, 5.41) is 3.42. The number of rotatable bonds is 5. The van der Waals surface area contributed by atoms with E-state index in [9.17, 15) is 0 Å². The van der Waals surface area contributed by atoms with Crippen molar-refractivity contribution in [1.29, 1.82) is 0 Å². The van der Waals surface area contributed by atoms with Gasteiger partial charge < -0.3 is 5.32 Å². The van der Waals surface area contributed by atoms with E-state index >= 15 is 0 Å². The van der Waals surface area contributed by atoms with Crippen LogP contribution in [0.3, 0.4) is 0 Å². The molecule has 0 atom stereocenters. The van der Waals surface area contributed by atoms with E-state index in [0.717, 1.165) is 13.1 Å². The zero-order valence-electron chi connectivity index (χ0n) is 15.3. The van der Waals surface area contributed by atoms with Crippen molar-refractivity contribution in [2.75, 3.05) is 0 Å². The van der Waals surface area contributed by atoms with Gasteiger partial charge in [-0.1, -0.05) is 91.0 Å². The Morgan fingerprint density at radius 2 is 0.889 bits per heavy atom. The van der Waals surface area contributed by atoms with Crippen molar-refractivity contribution < 1.29 is 0 Å². The van der Waals surface area contributed by atoms with Gasteiger partial charge in [-0.2, -0.15) is 0 Å². The quantitative estimate of drug-likeness (QED) is 0.496. The minimum absolute atomic E-state index is 0.926. The minimum Gasteiger partial charge on any atom is -0.309 e. The Hall–Kier alpha value is -3.23.